The van der Waals surface area contributed by atoms with Gasteiger partial charge in [-0.15, -0.1) is 0 Å². The molecule has 0 aliphatic carbocycles. The Kier molecular flexibility index (Phi) is 13.2. The van der Waals surface area contributed by atoms with Crippen LogP contribution in [-0.2, 0) is 52.2 Å². The number of hydrogen-bond donors (Lipinski definition) is 0. The first-order valence-corrected chi connectivity index (χ1v) is 11.7. The summed E-state index contributed by atoms with van der Waals surface area (Å²) in [6.07, 6.45) is -1.10. The third-order valence-electron chi connectivity index (χ3n) is 4.98. The van der Waals surface area contributed by atoms with E-state index < -0.39 is 36.5 Å². The molecule has 13 nitrogen and oxygen atoms in total. The number of rotatable bonds is 14. The third-order valence-corrected chi connectivity index (χ3v) is 4.98. The topological polar surface area (TPSA) is 151 Å². The lowest BCUT2D eigenvalue weighted by Gasteiger charge is -2.15. The number of ether oxygens (including phenoxy) is 9. The van der Waals surface area contributed by atoms with Crippen molar-refractivity contribution in [3.63, 3.8) is 0 Å². The molecule has 0 radical (unpaired) electrons. The van der Waals surface area contributed by atoms with Gasteiger partial charge in [0.15, 0.2) is 12.2 Å². The highest BCUT2D eigenvalue weighted by Crippen LogP contribution is 2.13. The predicted molar refractivity (Wildman–Crippen MR) is 114 cm³/mol. The van der Waals surface area contributed by atoms with Crippen molar-refractivity contribution in [2.75, 3.05) is 52.9 Å². The molecule has 4 atom stereocenters. The number of carbonyl (C=O) groups is 4. The van der Waals surface area contributed by atoms with E-state index in [1.807, 2.05) is 0 Å². The fourth-order valence-corrected chi connectivity index (χ4v) is 3.06. The van der Waals surface area contributed by atoms with Crippen LogP contribution in [0.15, 0.2) is 0 Å². The molecule has 13 heteroatoms. The van der Waals surface area contributed by atoms with Crippen LogP contribution < -0.4 is 0 Å². The SMILES string of the molecule is C[C@H](OC(=O)OCCOCCOC(=O)O[C@H](C)C(=O)OC[C@H]1CCCO1)C(=O)OC[C@@H]1CCCO1. The molecule has 0 spiro atoms. The fraction of sp³-hybridized carbons (Fsp3) is 0.818. The molecule has 0 saturated carbocycles. The van der Waals surface area contributed by atoms with Gasteiger partial charge in [0.2, 0.25) is 0 Å². The van der Waals surface area contributed by atoms with Crippen molar-refractivity contribution in [2.24, 2.45) is 0 Å². The van der Waals surface area contributed by atoms with Crippen LogP contribution in [0.5, 0.6) is 0 Å². The van der Waals surface area contributed by atoms with Gasteiger partial charge in [0.25, 0.3) is 0 Å². The van der Waals surface area contributed by atoms with Crippen LogP contribution in [-0.4, -0.2) is 102 Å². The van der Waals surface area contributed by atoms with Gasteiger partial charge in [-0.3, -0.25) is 0 Å². The van der Waals surface area contributed by atoms with Gasteiger partial charge in [-0.1, -0.05) is 0 Å². The Balaban J connectivity index is 1.42. The summed E-state index contributed by atoms with van der Waals surface area (Å²) >= 11 is 0. The minimum absolute atomic E-state index is 0.00266. The minimum Gasteiger partial charge on any atom is -0.460 e. The zero-order chi connectivity index (χ0) is 25.5. The highest BCUT2D eigenvalue weighted by Gasteiger charge is 2.24. The van der Waals surface area contributed by atoms with E-state index in [0.29, 0.717) is 13.2 Å². The maximum absolute atomic E-state index is 11.8. The van der Waals surface area contributed by atoms with Crippen LogP contribution in [0.1, 0.15) is 39.5 Å². The van der Waals surface area contributed by atoms with E-state index in [0.717, 1.165) is 25.7 Å². The number of hydrogen-bond acceptors (Lipinski definition) is 13. The van der Waals surface area contributed by atoms with E-state index >= 15 is 0 Å². The van der Waals surface area contributed by atoms with Crippen LogP contribution in [0.25, 0.3) is 0 Å². The molecule has 2 aliphatic heterocycles. The maximum atomic E-state index is 11.8. The maximum Gasteiger partial charge on any atom is 0.509 e. The molecule has 0 amide bonds. The summed E-state index contributed by atoms with van der Waals surface area (Å²) in [4.78, 5) is 46.8. The molecule has 0 bridgehead atoms. The van der Waals surface area contributed by atoms with Crippen LogP contribution in [0.3, 0.4) is 0 Å². The molecule has 2 rings (SSSR count). The average molecular weight is 507 g/mol. The smallest absolute Gasteiger partial charge is 0.460 e. The van der Waals surface area contributed by atoms with Gasteiger partial charge in [0, 0.05) is 13.2 Å². The normalized spacial score (nSPS) is 21.0. The Labute approximate surface area is 203 Å². The lowest BCUT2D eigenvalue weighted by atomic mass is 10.2. The molecule has 35 heavy (non-hydrogen) atoms. The second-order valence-electron chi connectivity index (χ2n) is 7.86. The molecule has 0 aromatic carbocycles. The van der Waals surface area contributed by atoms with Crippen molar-refractivity contribution in [3.8, 4) is 0 Å². The van der Waals surface area contributed by atoms with Crippen molar-refractivity contribution < 1.29 is 61.8 Å². The van der Waals surface area contributed by atoms with E-state index in [2.05, 4.69) is 0 Å². The van der Waals surface area contributed by atoms with E-state index in [1.165, 1.54) is 13.8 Å². The van der Waals surface area contributed by atoms with E-state index in [4.69, 9.17) is 42.6 Å². The van der Waals surface area contributed by atoms with Crippen molar-refractivity contribution in [2.45, 2.75) is 63.9 Å². The first-order valence-electron chi connectivity index (χ1n) is 11.7. The van der Waals surface area contributed by atoms with Crippen LogP contribution in [0.4, 0.5) is 9.59 Å². The van der Waals surface area contributed by atoms with Crippen LogP contribution in [0, 0.1) is 0 Å². The predicted octanol–water partition coefficient (Wildman–Crippen LogP) is 1.53. The van der Waals surface area contributed by atoms with Gasteiger partial charge < -0.3 is 42.6 Å². The fourth-order valence-electron chi connectivity index (χ4n) is 3.06. The van der Waals surface area contributed by atoms with Crippen molar-refractivity contribution in [3.05, 3.63) is 0 Å². The summed E-state index contributed by atoms with van der Waals surface area (Å²) in [5, 5.41) is 0. The summed E-state index contributed by atoms with van der Waals surface area (Å²) < 4.78 is 45.2. The summed E-state index contributed by atoms with van der Waals surface area (Å²) in [5.74, 6) is -1.38. The van der Waals surface area contributed by atoms with Gasteiger partial charge in [0.1, 0.15) is 26.4 Å². The Morgan fingerprint density at radius 2 is 1.11 bits per heavy atom. The molecule has 0 unspecified atom stereocenters. The number of carbonyl (C=O) groups excluding carboxylic acids is 4. The molecule has 0 aromatic heterocycles. The Hall–Kier alpha value is -2.64. The average Bonchev–Trinajstić information content (AvgIpc) is 3.54. The van der Waals surface area contributed by atoms with Crippen molar-refractivity contribution in [1.82, 2.24) is 0 Å². The lowest BCUT2D eigenvalue weighted by molar-refractivity contribution is -0.157. The molecule has 0 N–H and O–H groups in total. The van der Waals surface area contributed by atoms with Gasteiger partial charge in [-0.2, -0.15) is 0 Å². The second kappa shape index (κ2) is 16.1. The zero-order valence-electron chi connectivity index (χ0n) is 20.1. The first-order chi connectivity index (χ1) is 16.8. The summed E-state index contributed by atoms with van der Waals surface area (Å²) in [5.41, 5.74) is 0. The molecule has 2 saturated heterocycles. The van der Waals surface area contributed by atoms with Crippen molar-refractivity contribution >= 4 is 24.2 Å². The second-order valence-corrected chi connectivity index (χ2v) is 7.86. The van der Waals surface area contributed by atoms with Crippen molar-refractivity contribution in [1.29, 1.82) is 0 Å². The Morgan fingerprint density at radius 3 is 1.49 bits per heavy atom. The zero-order valence-corrected chi connectivity index (χ0v) is 20.1. The highest BCUT2D eigenvalue weighted by molar-refractivity contribution is 5.77. The molecule has 2 fully saturated rings. The minimum atomic E-state index is -1.13. The quantitative estimate of drug-likeness (QED) is 0.190. The van der Waals surface area contributed by atoms with Crippen LogP contribution in [0.2, 0.25) is 0 Å². The molecular weight excluding hydrogens is 472 g/mol. The standard InChI is InChI=1S/C22H34O13/c1-15(19(23)32-13-17-5-3-7-28-17)34-21(25)30-11-9-27-10-12-31-22(26)35-16(2)20(24)33-14-18-6-4-8-29-18/h15-18H,3-14H2,1-2H3/t15-,16+,17-,18+. The summed E-state index contributed by atoms with van der Waals surface area (Å²) in [6, 6.07) is 0. The van der Waals surface area contributed by atoms with Gasteiger partial charge >= 0.3 is 24.2 Å². The monoisotopic (exact) mass is 506 g/mol. The largest absolute Gasteiger partial charge is 0.509 e. The third kappa shape index (κ3) is 12.1. The Morgan fingerprint density at radius 1 is 0.686 bits per heavy atom. The summed E-state index contributed by atoms with van der Waals surface area (Å²) in [7, 11) is 0. The lowest BCUT2D eigenvalue weighted by Crippen LogP contribution is -2.30. The molecule has 2 aliphatic rings. The van der Waals surface area contributed by atoms with E-state index in [1.54, 1.807) is 0 Å². The first kappa shape index (κ1) is 28.6. The van der Waals surface area contributed by atoms with Crippen LogP contribution >= 0.6 is 0 Å². The van der Waals surface area contributed by atoms with Gasteiger partial charge in [0.05, 0.1) is 25.4 Å². The van der Waals surface area contributed by atoms with Gasteiger partial charge in [-0.25, -0.2) is 19.2 Å². The summed E-state index contributed by atoms with van der Waals surface area (Å²) in [6.45, 7) is 3.97. The molecular formula is C22H34O13. The van der Waals surface area contributed by atoms with E-state index in [-0.39, 0.29) is 51.8 Å². The Bertz CT molecular complexity index is 614. The highest BCUT2D eigenvalue weighted by atomic mass is 16.7. The molecule has 2 heterocycles. The molecule has 200 valence electrons. The molecule has 0 aromatic rings. The van der Waals surface area contributed by atoms with Gasteiger partial charge in [-0.05, 0) is 39.5 Å². The number of esters is 2. The van der Waals surface area contributed by atoms with E-state index in [9.17, 15) is 19.2 Å².